The first-order valence-corrected chi connectivity index (χ1v) is 9.70. The van der Waals surface area contributed by atoms with E-state index in [0.717, 1.165) is 9.87 Å². The molecule has 0 N–H and O–H groups in total. The van der Waals surface area contributed by atoms with Crippen LogP contribution in [0.1, 0.15) is 5.56 Å². The minimum atomic E-state index is -3.91. The fourth-order valence-corrected chi connectivity index (χ4v) is 4.55. The van der Waals surface area contributed by atoms with E-state index in [1.807, 2.05) is 31.1 Å². The molecule has 0 aromatic heterocycles. The largest absolute Gasteiger partial charge is 0.331 e. The van der Waals surface area contributed by atoms with E-state index in [1.165, 1.54) is 16.4 Å². The van der Waals surface area contributed by atoms with Crippen LogP contribution in [0.5, 0.6) is 0 Å². The summed E-state index contributed by atoms with van der Waals surface area (Å²) in [5, 5.41) is 0. The molecule has 146 valence electrons. The number of hydrogen-bond donors (Lipinski definition) is 0. The van der Waals surface area contributed by atoms with E-state index in [9.17, 15) is 12.8 Å². The average molecular weight is 412 g/mol. The molecule has 1 heterocycles. The van der Waals surface area contributed by atoms with E-state index >= 15 is 0 Å². The molecule has 0 fully saturated rings. The Labute approximate surface area is 166 Å². The first kappa shape index (κ1) is 21.2. The minimum Gasteiger partial charge on any atom is -0.306 e. The summed E-state index contributed by atoms with van der Waals surface area (Å²) in [5.74, 6) is -0.562. The summed E-state index contributed by atoms with van der Waals surface area (Å²) in [6, 6.07) is 11.5. The van der Waals surface area contributed by atoms with Crippen LogP contribution in [-0.2, 0) is 10.2 Å². The summed E-state index contributed by atoms with van der Waals surface area (Å²) in [4.78, 5) is 1.98. The van der Waals surface area contributed by atoms with Crippen molar-refractivity contribution in [3.63, 3.8) is 0 Å². The van der Waals surface area contributed by atoms with Crippen molar-refractivity contribution < 1.29 is 12.8 Å². The van der Waals surface area contributed by atoms with Crippen LogP contribution in [0.4, 0.5) is 21.5 Å². The number of rotatable bonds is 5. The third-order valence-corrected chi connectivity index (χ3v) is 5.87. The summed E-state index contributed by atoms with van der Waals surface area (Å²) in [6.07, 6.45) is 3.72. The fraction of sp³-hybridized carbons (Fsp3) is 0.263. The fourth-order valence-electron chi connectivity index (χ4n) is 2.87. The summed E-state index contributed by atoms with van der Waals surface area (Å²) in [5.41, 5.74) is 1.76. The molecule has 1 aliphatic rings. The van der Waals surface area contributed by atoms with Crippen LogP contribution < -0.4 is 8.61 Å². The second-order valence-corrected chi connectivity index (χ2v) is 8.18. The maximum absolute atomic E-state index is 14.5. The molecule has 5 nitrogen and oxygen atoms in total. The van der Waals surface area contributed by atoms with Crippen LogP contribution in [-0.4, -0.2) is 40.5 Å². The van der Waals surface area contributed by atoms with Crippen LogP contribution >= 0.6 is 12.4 Å². The van der Waals surface area contributed by atoms with Gasteiger partial charge < -0.3 is 4.90 Å². The molecule has 2 aromatic rings. The lowest BCUT2D eigenvalue weighted by molar-refractivity contribution is 0.456. The number of benzene rings is 2. The zero-order chi connectivity index (χ0) is 18.9. The zero-order valence-electron chi connectivity index (χ0n) is 15.5. The van der Waals surface area contributed by atoms with Gasteiger partial charge >= 0.3 is 10.2 Å². The zero-order valence-corrected chi connectivity index (χ0v) is 17.1. The van der Waals surface area contributed by atoms with Gasteiger partial charge in [0.1, 0.15) is 5.82 Å². The molecule has 0 aliphatic carbocycles. The maximum Gasteiger partial charge on any atom is 0.331 e. The van der Waals surface area contributed by atoms with Crippen molar-refractivity contribution >= 4 is 39.7 Å². The normalized spacial score (nSPS) is 15.3. The Morgan fingerprint density at radius 3 is 2.33 bits per heavy atom. The van der Waals surface area contributed by atoms with Gasteiger partial charge in [0.25, 0.3) is 0 Å². The highest BCUT2D eigenvalue weighted by Gasteiger charge is 2.41. The molecule has 0 spiro atoms. The van der Waals surface area contributed by atoms with Crippen molar-refractivity contribution in [2.75, 3.05) is 35.8 Å². The SMILES string of the molecule is Cc1ccc(N2c3ccccc3N(CC=CCN(C)C)S2(=O)=O)c(F)c1.Cl. The Balaban J connectivity index is 0.00000261. The lowest BCUT2D eigenvalue weighted by Crippen LogP contribution is -2.35. The molecule has 0 amide bonds. The van der Waals surface area contributed by atoms with Crippen molar-refractivity contribution in [1.82, 2.24) is 4.90 Å². The molecule has 1 aliphatic heterocycles. The Bertz CT molecular complexity index is 948. The van der Waals surface area contributed by atoms with Gasteiger partial charge in [0.15, 0.2) is 0 Å². The molecular weight excluding hydrogens is 389 g/mol. The van der Waals surface area contributed by atoms with Gasteiger partial charge in [-0.25, -0.2) is 13.0 Å². The van der Waals surface area contributed by atoms with Crippen molar-refractivity contribution in [2.24, 2.45) is 0 Å². The number of anilines is 3. The smallest absolute Gasteiger partial charge is 0.306 e. The maximum atomic E-state index is 14.5. The summed E-state index contributed by atoms with van der Waals surface area (Å²) in [6.45, 7) is 2.67. The summed E-state index contributed by atoms with van der Waals surface area (Å²) < 4.78 is 43.2. The first-order valence-electron chi connectivity index (χ1n) is 8.30. The number of aryl methyl sites for hydroxylation is 1. The Morgan fingerprint density at radius 2 is 1.70 bits per heavy atom. The first-order chi connectivity index (χ1) is 12.3. The van der Waals surface area contributed by atoms with Gasteiger partial charge in [-0.2, -0.15) is 8.42 Å². The van der Waals surface area contributed by atoms with Crippen molar-refractivity contribution in [3.05, 3.63) is 66.0 Å². The predicted molar refractivity (Wildman–Crippen MR) is 111 cm³/mol. The third-order valence-electron chi connectivity index (χ3n) is 4.11. The van der Waals surface area contributed by atoms with Gasteiger partial charge in [-0.3, -0.25) is 0 Å². The Kier molecular flexibility index (Phi) is 6.51. The molecule has 8 heteroatoms. The molecular formula is C19H23ClFN3O2S. The second-order valence-electron chi connectivity index (χ2n) is 6.48. The van der Waals surface area contributed by atoms with Gasteiger partial charge in [0.2, 0.25) is 0 Å². The number of likely N-dealkylation sites (N-methyl/N-ethyl adjacent to an activating group) is 1. The third kappa shape index (κ3) is 4.10. The van der Waals surface area contributed by atoms with E-state index in [-0.39, 0.29) is 24.6 Å². The van der Waals surface area contributed by atoms with Crippen LogP contribution in [0.15, 0.2) is 54.6 Å². The average Bonchev–Trinajstić information content (AvgIpc) is 2.79. The predicted octanol–water partition coefficient (Wildman–Crippen LogP) is 3.88. The Morgan fingerprint density at radius 1 is 1.04 bits per heavy atom. The molecule has 0 radical (unpaired) electrons. The number of para-hydroxylation sites is 2. The van der Waals surface area contributed by atoms with E-state index < -0.39 is 16.0 Å². The highest BCUT2D eigenvalue weighted by Crippen LogP contribution is 2.45. The monoisotopic (exact) mass is 411 g/mol. The number of hydrogen-bond acceptors (Lipinski definition) is 3. The molecule has 0 unspecified atom stereocenters. The van der Waals surface area contributed by atoms with Gasteiger partial charge in [-0.15, -0.1) is 12.4 Å². The van der Waals surface area contributed by atoms with Crippen molar-refractivity contribution in [3.8, 4) is 0 Å². The van der Waals surface area contributed by atoms with Crippen LogP contribution in [0.2, 0.25) is 0 Å². The highest BCUT2D eigenvalue weighted by atomic mass is 35.5. The molecule has 0 atom stereocenters. The number of nitrogens with zero attached hydrogens (tertiary/aromatic N) is 3. The molecule has 0 saturated heterocycles. The number of halogens is 2. The lowest BCUT2D eigenvalue weighted by Gasteiger charge is -2.21. The van der Waals surface area contributed by atoms with E-state index in [2.05, 4.69) is 0 Å². The van der Waals surface area contributed by atoms with Gasteiger partial charge in [-0.1, -0.05) is 30.4 Å². The topological polar surface area (TPSA) is 43.9 Å². The number of fused-ring (bicyclic) bond motifs is 1. The molecule has 3 rings (SSSR count). The van der Waals surface area contributed by atoms with E-state index in [4.69, 9.17) is 0 Å². The Hall–Kier alpha value is -2.09. The highest BCUT2D eigenvalue weighted by molar-refractivity contribution is 7.95. The van der Waals surface area contributed by atoms with Crippen LogP contribution in [0.3, 0.4) is 0 Å². The standard InChI is InChI=1S/C19H22FN3O2S.ClH/c1-15-10-11-17(16(20)14-15)23-19-9-5-4-8-18(19)22(26(23,24)25)13-7-6-12-21(2)3;/h4-11,14H,12-13H2,1-3H3;1H. The molecule has 0 saturated carbocycles. The molecule has 27 heavy (non-hydrogen) atoms. The minimum absolute atomic E-state index is 0. The quantitative estimate of drug-likeness (QED) is 0.701. The van der Waals surface area contributed by atoms with E-state index in [1.54, 1.807) is 37.3 Å². The lowest BCUT2D eigenvalue weighted by atomic mass is 10.2. The second kappa shape index (κ2) is 8.29. The van der Waals surface area contributed by atoms with E-state index in [0.29, 0.717) is 17.9 Å². The molecule has 0 bridgehead atoms. The van der Waals surface area contributed by atoms with Gasteiger partial charge in [-0.05, 0) is 50.8 Å². The van der Waals surface area contributed by atoms with Gasteiger partial charge in [0.05, 0.1) is 23.6 Å². The molecule has 2 aromatic carbocycles. The van der Waals surface area contributed by atoms with Crippen molar-refractivity contribution in [1.29, 1.82) is 0 Å². The van der Waals surface area contributed by atoms with Crippen LogP contribution in [0, 0.1) is 12.7 Å². The van der Waals surface area contributed by atoms with Crippen LogP contribution in [0.25, 0.3) is 0 Å². The van der Waals surface area contributed by atoms with Crippen molar-refractivity contribution in [2.45, 2.75) is 6.92 Å². The van der Waals surface area contributed by atoms with Gasteiger partial charge in [0, 0.05) is 6.54 Å². The summed E-state index contributed by atoms with van der Waals surface area (Å²) >= 11 is 0. The summed E-state index contributed by atoms with van der Waals surface area (Å²) in [7, 11) is -0.0370.